The second-order valence-electron chi connectivity index (χ2n) is 5.70. The van der Waals surface area contributed by atoms with Crippen LogP contribution in [0.15, 0.2) is 54.6 Å². The van der Waals surface area contributed by atoms with Gasteiger partial charge in [-0.15, -0.1) is 0 Å². The molecule has 0 N–H and O–H groups in total. The van der Waals surface area contributed by atoms with Crippen molar-refractivity contribution in [1.29, 1.82) is 0 Å². The largest absolute Gasteiger partial charge is 0.339 e. The van der Waals surface area contributed by atoms with Crippen molar-refractivity contribution in [3.8, 4) is 0 Å². The average Bonchev–Trinajstić information content (AvgIpc) is 2.84. The lowest BCUT2D eigenvalue weighted by molar-refractivity contribution is -0.386. The SMILES string of the molecule is CC1(C)O[C@H](c2ccccc2)[C@H](c2ccccc2[N+](=O)[O-])O1. The maximum absolute atomic E-state index is 11.3. The van der Waals surface area contributed by atoms with E-state index >= 15 is 0 Å². The van der Waals surface area contributed by atoms with Crippen LogP contribution in [0.2, 0.25) is 0 Å². The van der Waals surface area contributed by atoms with Gasteiger partial charge in [0.15, 0.2) is 5.79 Å². The first-order chi connectivity index (χ1) is 10.5. The minimum Gasteiger partial charge on any atom is -0.339 e. The number of nitrogens with zero attached hydrogens (tertiary/aromatic N) is 1. The van der Waals surface area contributed by atoms with E-state index in [-0.39, 0.29) is 16.7 Å². The Labute approximate surface area is 128 Å². The van der Waals surface area contributed by atoms with E-state index in [2.05, 4.69) is 0 Å². The highest BCUT2D eigenvalue weighted by Crippen LogP contribution is 2.48. The minimum absolute atomic E-state index is 0.0507. The number of rotatable bonds is 3. The van der Waals surface area contributed by atoms with E-state index in [0.717, 1.165) is 5.56 Å². The van der Waals surface area contributed by atoms with Gasteiger partial charge < -0.3 is 9.47 Å². The predicted octanol–water partition coefficient (Wildman–Crippen LogP) is 4.16. The summed E-state index contributed by atoms with van der Waals surface area (Å²) in [5, 5.41) is 11.3. The summed E-state index contributed by atoms with van der Waals surface area (Å²) < 4.78 is 12.0. The van der Waals surface area contributed by atoms with Gasteiger partial charge in [0, 0.05) is 6.07 Å². The predicted molar refractivity (Wildman–Crippen MR) is 81.3 cm³/mol. The zero-order valence-electron chi connectivity index (χ0n) is 12.4. The standard InChI is InChI=1S/C17H17NO4/c1-17(2)21-15(12-8-4-3-5-9-12)16(22-17)13-10-6-7-11-14(13)18(19)20/h3-11,15-16H,1-2H3/t15-,16+/m1/s1. The monoisotopic (exact) mass is 299 g/mol. The molecular weight excluding hydrogens is 282 g/mol. The van der Waals surface area contributed by atoms with E-state index in [9.17, 15) is 10.1 Å². The molecule has 0 aromatic heterocycles. The highest BCUT2D eigenvalue weighted by Gasteiger charge is 2.44. The summed E-state index contributed by atoms with van der Waals surface area (Å²) in [4.78, 5) is 10.9. The fourth-order valence-electron chi connectivity index (χ4n) is 2.77. The number of ether oxygens (including phenoxy) is 2. The van der Waals surface area contributed by atoms with Crippen molar-refractivity contribution in [3.63, 3.8) is 0 Å². The first-order valence-electron chi connectivity index (χ1n) is 7.12. The number of nitro benzene ring substituents is 1. The summed E-state index contributed by atoms with van der Waals surface area (Å²) in [6.07, 6.45) is -0.892. The Bertz CT molecular complexity index is 684. The van der Waals surface area contributed by atoms with Crippen molar-refractivity contribution in [2.24, 2.45) is 0 Å². The normalized spacial score (nSPS) is 23.4. The van der Waals surface area contributed by atoms with Gasteiger partial charge in [-0.25, -0.2) is 0 Å². The molecule has 1 saturated heterocycles. The van der Waals surface area contributed by atoms with E-state index in [4.69, 9.17) is 9.47 Å². The van der Waals surface area contributed by atoms with Crippen LogP contribution in [0.1, 0.15) is 37.2 Å². The van der Waals surface area contributed by atoms with E-state index in [1.165, 1.54) is 6.07 Å². The van der Waals surface area contributed by atoms with Crippen LogP contribution >= 0.6 is 0 Å². The van der Waals surface area contributed by atoms with Crippen LogP contribution in [-0.4, -0.2) is 10.7 Å². The molecular formula is C17H17NO4. The molecule has 5 nitrogen and oxygen atoms in total. The Kier molecular flexibility index (Phi) is 3.68. The third-order valence-electron chi connectivity index (χ3n) is 3.66. The molecule has 0 bridgehead atoms. The zero-order chi connectivity index (χ0) is 15.7. The Morgan fingerprint density at radius 2 is 1.55 bits per heavy atom. The summed E-state index contributed by atoms with van der Waals surface area (Å²) in [7, 11) is 0. The highest BCUT2D eigenvalue weighted by atomic mass is 16.8. The van der Waals surface area contributed by atoms with Gasteiger partial charge in [-0.05, 0) is 25.5 Å². The van der Waals surface area contributed by atoms with Gasteiger partial charge in [0.1, 0.15) is 12.2 Å². The maximum atomic E-state index is 11.3. The van der Waals surface area contributed by atoms with Crippen LogP contribution in [0.5, 0.6) is 0 Å². The molecule has 0 unspecified atom stereocenters. The van der Waals surface area contributed by atoms with Crippen LogP contribution in [0.25, 0.3) is 0 Å². The molecule has 2 aromatic carbocycles. The summed E-state index contributed by atoms with van der Waals surface area (Å²) >= 11 is 0. The third-order valence-corrected chi connectivity index (χ3v) is 3.66. The number of hydrogen-bond acceptors (Lipinski definition) is 4. The Balaban J connectivity index is 2.06. The molecule has 1 fully saturated rings. The van der Waals surface area contributed by atoms with Crippen molar-refractivity contribution in [2.75, 3.05) is 0 Å². The van der Waals surface area contributed by atoms with E-state index in [0.29, 0.717) is 5.56 Å². The molecule has 114 valence electrons. The Morgan fingerprint density at radius 1 is 0.955 bits per heavy atom. The first-order valence-corrected chi connectivity index (χ1v) is 7.12. The van der Waals surface area contributed by atoms with Gasteiger partial charge in [-0.1, -0.05) is 42.5 Å². The quantitative estimate of drug-likeness (QED) is 0.630. The summed E-state index contributed by atoms with van der Waals surface area (Å²) in [5.74, 6) is -0.797. The van der Waals surface area contributed by atoms with Crippen molar-refractivity contribution >= 4 is 5.69 Å². The summed E-state index contributed by atoms with van der Waals surface area (Å²) in [6.45, 7) is 3.63. The molecule has 2 atom stereocenters. The molecule has 1 heterocycles. The fraction of sp³-hybridized carbons (Fsp3) is 0.294. The topological polar surface area (TPSA) is 61.6 Å². The molecule has 5 heteroatoms. The Hall–Kier alpha value is -2.24. The van der Waals surface area contributed by atoms with Crippen LogP contribution < -0.4 is 0 Å². The smallest absolute Gasteiger partial charge is 0.275 e. The average molecular weight is 299 g/mol. The molecule has 0 aliphatic carbocycles. The molecule has 0 spiro atoms. The summed E-state index contributed by atoms with van der Waals surface area (Å²) in [6, 6.07) is 16.3. The highest BCUT2D eigenvalue weighted by molar-refractivity contribution is 5.43. The number of benzene rings is 2. The van der Waals surface area contributed by atoms with Gasteiger partial charge >= 0.3 is 0 Å². The van der Waals surface area contributed by atoms with Crippen molar-refractivity contribution in [3.05, 3.63) is 75.8 Å². The van der Waals surface area contributed by atoms with Crippen LogP contribution in [0.3, 0.4) is 0 Å². The molecule has 0 radical (unpaired) electrons. The van der Waals surface area contributed by atoms with Crippen LogP contribution in [0.4, 0.5) is 5.69 Å². The van der Waals surface area contributed by atoms with Crippen molar-refractivity contribution in [1.82, 2.24) is 0 Å². The molecule has 0 amide bonds. The third kappa shape index (κ3) is 2.73. The van der Waals surface area contributed by atoms with Gasteiger partial charge in [-0.2, -0.15) is 0 Å². The lowest BCUT2D eigenvalue weighted by atomic mass is 9.97. The zero-order valence-corrected chi connectivity index (χ0v) is 12.4. The minimum atomic E-state index is -0.797. The van der Waals surface area contributed by atoms with Gasteiger partial charge in [0.05, 0.1) is 10.5 Å². The fourth-order valence-corrected chi connectivity index (χ4v) is 2.77. The maximum Gasteiger partial charge on any atom is 0.275 e. The molecule has 1 aliphatic heterocycles. The van der Waals surface area contributed by atoms with Gasteiger partial charge in [0.25, 0.3) is 5.69 Å². The molecule has 22 heavy (non-hydrogen) atoms. The van der Waals surface area contributed by atoms with Crippen LogP contribution in [0, 0.1) is 10.1 Å². The van der Waals surface area contributed by atoms with Crippen molar-refractivity contribution < 1.29 is 14.4 Å². The number of hydrogen-bond donors (Lipinski definition) is 0. The van der Waals surface area contributed by atoms with Gasteiger partial charge in [-0.3, -0.25) is 10.1 Å². The molecule has 2 aromatic rings. The first kappa shape index (κ1) is 14.7. The lowest BCUT2D eigenvalue weighted by Crippen LogP contribution is -2.20. The van der Waals surface area contributed by atoms with Crippen molar-refractivity contribution in [2.45, 2.75) is 31.8 Å². The number of nitro groups is 1. The second kappa shape index (κ2) is 5.51. The molecule has 0 saturated carbocycles. The molecule has 3 rings (SSSR count). The van der Waals surface area contributed by atoms with E-state index < -0.39 is 11.9 Å². The van der Waals surface area contributed by atoms with Gasteiger partial charge in [0.2, 0.25) is 0 Å². The summed E-state index contributed by atoms with van der Waals surface area (Å²) in [5.41, 5.74) is 1.53. The Morgan fingerprint density at radius 3 is 2.23 bits per heavy atom. The lowest BCUT2D eigenvalue weighted by Gasteiger charge is -2.17. The van der Waals surface area contributed by atoms with E-state index in [1.54, 1.807) is 18.2 Å². The van der Waals surface area contributed by atoms with E-state index in [1.807, 2.05) is 44.2 Å². The number of para-hydroxylation sites is 1. The second-order valence-corrected chi connectivity index (χ2v) is 5.70. The molecule has 1 aliphatic rings. The van der Waals surface area contributed by atoms with Crippen LogP contribution in [-0.2, 0) is 9.47 Å².